The fourth-order valence-electron chi connectivity index (χ4n) is 4.28. The van der Waals surface area contributed by atoms with Gasteiger partial charge < -0.3 is 20.4 Å². The highest BCUT2D eigenvalue weighted by atomic mass is 127. The molecule has 1 aromatic rings. The lowest BCUT2D eigenvalue weighted by Gasteiger charge is -2.21. The number of anilines is 1. The first kappa shape index (κ1) is 25.2. The van der Waals surface area contributed by atoms with Crippen molar-refractivity contribution in [1.29, 1.82) is 0 Å². The molecule has 0 radical (unpaired) electrons. The Bertz CT molecular complexity index is 590. The first-order chi connectivity index (χ1) is 14.3. The van der Waals surface area contributed by atoms with Gasteiger partial charge in [-0.2, -0.15) is 0 Å². The van der Waals surface area contributed by atoms with E-state index in [1.165, 1.54) is 76.6 Å². The van der Waals surface area contributed by atoms with Crippen molar-refractivity contribution in [3.05, 3.63) is 23.9 Å². The van der Waals surface area contributed by atoms with Crippen LogP contribution in [0.2, 0.25) is 0 Å². The zero-order chi connectivity index (χ0) is 20.2. The van der Waals surface area contributed by atoms with Gasteiger partial charge in [0.1, 0.15) is 5.82 Å². The monoisotopic (exact) mass is 528 g/mol. The van der Waals surface area contributed by atoms with E-state index in [1.807, 2.05) is 13.2 Å². The van der Waals surface area contributed by atoms with E-state index in [0.717, 1.165) is 44.4 Å². The van der Waals surface area contributed by atoms with Gasteiger partial charge in [0.2, 0.25) is 0 Å². The Hall–Kier alpha value is -1.09. The molecule has 0 amide bonds. The van der Waals surface area contributed by atoms with Crippen molar-refractivity contribution in [1.82, 2.24) is 20.5 Å². The molecule has 6 nitrogen and oxygen atoms in total. The first-order valence-corrected chi connectivity index (χ1v) is 11.7. The van der Waals surface area contributed by atoms with E-state index in [9.17, 15) is 0 Å². The number of hydrogen-bond acceptors (Lipinski definition) is 4. The average molecular weight is 529 g/mol. The lowest BCUT2D eigenvalue weighted by atomic mass is 10.2. The molecule has 2 aliphatic rings. The number of pyridine rings is 1. The molecule has 170 valence electrons. The highest BCUT2D eigenvalue weighted by molar-refractivity contribution is 14.0. The maximum absolute atomic E-state index is 4.70. The largest absolute Gasteiger partial charge is 0.357 e. The molecule has 0 bridgehead atoms. The van der Waals surface area contributed by atoms with E-state index in [1.54, 1.807) is 0 Å². The van der Waals surface area contributed by atoms with E-state index in [-0.39, 0.29) is 24.0 Å². The summed E-state index contributed by atoms with van der Waals surface area (Å²) in [6, 6.07) is 4.35. The number of aliphatic imine (C=N–C) groups is 1. The van der Waals surface area contributed by atoms with Crippen LogP contribution in [0.3, 0.4) is 0 Å². The normalized spacial score (nSPS) is 18.8. The summed E-state index contributed by atoms with van der Waals surface area (Å²) < 4.78 is 0. The standard InChI is InChI=1S/C23H40N6.HI/c1-24-23(25-13-10-16-28-14-6-2-3-7-15-28)27-20-21-11-12-22(26-19-21)29-17-8-4-5-9-18-29;/h11-12,19H,2-10,13-18,20H2,1H3,(H2,24,25,27);1H. The Morgan fingerprint density at radius 3 is 2.20 bits per heavy atom. The third kappa shape index (κ3) is 8.96. The highest BCUT2D eigenvalue weighted by Crippen LogP contribution is 2.17. The fraction of sp³-hybridized carbons (Fsp3) is 0.739. The van der Waals surface area contributed by atoms with Gasteiger partial charge in [0, 0.05) is 39.4 Å². The van der Waals surface area contributed by atoms with Gasteiger partial charge in [0.25, 0.3) is 0 Å². The van der Waals surface area contributed by atoms with Crippen LogP contribution >= 0.6 is 24.0 Å². The minimum atomic E-state index is 0. The van der Waals surface area contributed by atoms with Crippen LogP contribution in [0.1, 0.15) is 63.4 Å². The number of halogens is 1. The molecular weight excluding hydrogens is 487 g/mol. The van der Waals surface area contributed by atoms with Crippen LogP contribution in [0.4, 0.5) is 5.82 Å². The molecular formula is C23H41IN6. The summed E-state index contributed by atoms with van der Waals surface area (Å²) in [6.07, 6.45) is 14.0. The molecule has 0 aromatic carbocycles. The summed E-state index contributed by atoms with van der Waals surface area (Å²) in [5.41, 5.74) is 1.19. The van der Waals surface area contributed by atoms with Gasteiger partial charge in [-0.3, -0.25) is 4.99 Å². The second-order valence-corrected chi connectivity index (χ2v) is 8.39. The topological polar surface area (TPSA) is 55.8 Å². The summed E-state index contributed by atoms with van der Waals surface area (Å²) in [4.78, 5) is 14.1. The number of likely N-dealkylation sites (tertiary alicyclic amines) is 1. The third-order valence-corrected chi connectivity index (χ3v) is 6.06. The minimum absolute atomic E-state index is 0. The molecule has 0 unspecified atom stereocenters. The Balaban J connectivity index is 0.00000320. The quantitative estimate of drug-likeness (QED) is 0.243. The highest BCUT2D eigenvalue weighted by Gasteiger charge is 2.11. The summed E-state index contributed by atoms with van der Waals surface area (Å²) in [6.45, 7) is 7.71. The molecule has 0 aliphatic carbocycles. The van der Waals surface area contributed by atoms with Crippen molar-refractivity contribution in [2.24, 2.45) is 4.99 Å². The van der Waals surface area contributed by atoms with E-state index < -0.39 is 0 Å². The molecule has 1 aromatic heterocycles. The van der Waals surface area contributed by atoms with Crippen molar-refractivity contribution in [3.63, 3.8) is 0 Å². The van der Waals surface area contributed by atoms with Gasteiger partial charge in [0.15, 0.2) is 5.96 Å². The first-order valence-electron chi connectivity index (χ1n) is 11.7. The maximum atomic E-state index is 4.70. The molecule has 7 heteroatoms. The van der Waals surface area contributed by atoms with Gasteiger partial charge in [-0.25, -0.2) is 4.98 Å². The smallest absolute Gasteiger partial charge is 0.191 e. The van der Waals surface area contributed by atoms with Crippen LogP contribution in [0, 0.1) is 0 Å². The SMILES string of the molecule is CN=C(NCCCN1CCCCCC1)NCc1ccc(N2CCCCCC2)nc1.I. The Morgan fingerprint density at radius 1 is 0.933 bits per heavy atom. The van der Waals surface area contributed by atoms with Crippen LogP contribution in [0.5, 0.6) is 0 Å². The second-order valence-electron chi connectivity index (χ2n) is 8.39. The number of hydrogen-bond donors (Lipinski definition) is 2. The van der Waals surface area contributed by atoms with Gasteiger partial charge in [0.05, 0.1) is 0 Å². The summed E-state index contributed by atoms with van der Waals surface area (Å²) in [5.74, 6) is 1.99. The number of guanidine groups is 1. The predicted molar refractivity (Wildman–Crippen MR) is 138 cm³/mol. The van der Waals surface area contributed by atoms with Gasteiger partial charge >= 0.3 is 0 Å². The van der Waals surface area contributed by atoms with Gasteiger partial charge in [-0.15, -0.1) is 24.0 Å². The van der Waals surface area contributed by atoms with Crippen LogP contribution < -0.4 is 15.5 Å². The van der Waals surface area contributed by atoms with Crippen molar-refractivity contribution in [3.8, 4) is 0 Å². The van der Waals surface area contributed by atoms with E-state index in [4.69, 9.17) is 4.98 Å². The van der Waals surface area contributed by atoms with Crippen molar-refractivity contribution < 1.29 is 0 Å². The second kappa shape index (κ2) is 14.8. The lowest BCUT2D eigenvalue weighted by molar-refractivity contribution is 0.282. The Labute approximate surface area is 200 Å². The van der Waals surface area contributed by atoms with Gasteiger partial charge in [-0.05, 0) is 63.4 Å². The van der Waals surface area contributed by atoms with E-state index in [2.05, 4.69) is 37.6 Å². The van der Waals surface area contributed by atoms with Crippen molar-refractivity contribution >= 4 is 35.8 Å². The van der Waals surface area contributed by atoms with Crippen LogP contribution in [0.25, 0.3) is 0 Å². The summed E-state index contributed by atoms with van der Waals surface area (Å²) in [5, 5.41) is 6.86. The molecule has 2 saturated heterocycles. The predicted octanol–water partition coefficient (Wildman–Crippen LogP) is 4.01. The molecule has 0 atom stereocenters. The Morgan fingerprint density at radius 2 is 1.60 bits per heavy atom. The third-order valence-electron chi connectivity index (χ3n) is 6.06. The van der Waals surface area contributed by atoms with Crippen LogP contribution in [-0.2, 0) is 6.54 Å². The fourth-order valence-corrected chi connectivity index (χ4v) is 4.28. The zero-order valence-electron chi connectivity index (χ0n) is 18.7. The lowest BCUT2D eigenvalue weighted by Crippen LogP contribution is -2.38. The maximum Gasteiger partial charge on any atom is 0.191 e. The zero-order valence-corrected chi connectivity index (χ0v) is 21.1. The molecule has 0 saturated carbocycles. The molecule has 30 heavy (non-hydrogen) atoms. The van der Waals surface area contributed by atoms with Crippen molar-refractivity contribution in [2.75, 3.05) is 51.2 Å². The van der Waals surface area contributed by atoms with Crippen LogP contribution in [-0.4, -0.2) is 62.2 Å². The van der Waals surface area contributed by atoms with Crippen molar-refractivity contribution in [2.45, 2.75) is 64.3 Å². The number of aromatic nitrogens is 1. The van der Waals surface area contributed by atoms with E-state index in [0.29, 0.717) is 0 Å². The molecule has 2 aliphatic heterocycles. The molecule has 2 fully saturated rings. The Kier molecular flexibility index (Phi) is 12.4. The molecule has 3 rings (SSSR count). The molecule has 3 heterocycles. The average Bonchev–Trinajstić information content (AvgIpc) is 3.19. The number of nitrogens with zero attached hydrogens (tertiary/aromatic N) is 4. The summed E-state index contributed by atoms with van der Waals surface area (Å²) >= 11 is 0. The minimum Gasteiger partial charge on any atom is -0.357 e. The van der Waals surface area contributed by atoms with Gasteiger partial charge in [-0.1, -0.05) is 31.7 Å². The summed E-state index contributed by atoms with van der Waals surface area (Å²) in [7, 11) is 1.84. The number of rotatable bonds is 7. The van der Waals surface area contributed by atoms with E-state index >= 15 is 0 Å². The van der Waals surface area contributed by atoms with Crippen LogP contribution in [0.15, 0.2) is 23.3 Å². The molecule has 0 spiro atoms. The molecule has 2 N–H and O–H groups in total. The number of nitrogens with one attached hydrogen (secondary N) is 2.